The highest BCUT2D eigenvalue weighted by molar-refractivity contribution is 5.76. The fourth-order valence-electron chi connectivity index (χ4n) is 3.43. The Labute approximate surface area is 102 Å². The lowest BCUT2D eigenvalue weighted by Crippen LogP contribution is -2.66. The molecule has 2 heterocycles. The van der Waals surface area contributed by atoms with Gasteiger partial charge in [0.25, 0.3) is 0 Å². The van der Waals surface area contributed by atoms with Crippen molar-refractivity contribution in [2.24, 2.45) is 0 Å². The van der Waals surface area contributed by atoms with E-state index in [4.69, 9.17) is 0 Å². The summed E-state index contributed by atoms with van der Waals surface area (Å²) in [5, 5.41) is 9.93. The zero-order valence-corrected chi connectivity index (χ0v) is 10.2. The topological polar surface area (TPSA) is 56.4 Å². The Morgan fingerprint density at radius 3 is 2.88 bits per heavy atom. The minimum Gasteiger partial charge on any atom is -0.349 e. The van der Waals surface area contributed by atoms with E-state index in [-0.39, 0.29) is 11.9 Å². The van der Waals surface area contributed by atoms with E-state index < -0.39 is 0 Å². The van der Waals surface area contributed by atoms with Crippen LogP contribution in [-0.4, -0.2) is 48.8 Å². The minimum atomic E-state index is 0.200. The van der Waals surface area contributed by atoms with Gasteiger partial charge >= 0.3 is 0 Å². The molecule has 1 saturated carbocycles. The second kappa shape index (κ2) is 4.92. The summed E-state index contributed by atoms with van der Waals surface area (Å²) in [5.41, 5.74) is 0. The molecule has 0 aromatic carbocycles. The van der Waals surface area contributed by atoms with Gasteiger partial charge in [-0.1, -0.05) is 12.8 Å². The first-order valence-electron chi connectivity index (χ1n) is 6.84. The molecule has 2 atom stereocenters. The molecule has 0 radical (unpaired) electrons. The van der Waals surface area contributed by atoms with E-state index in [1.54, 1.807) is 0 Å². The highest BCUT2D eigenvalue weighted by atomic mass is 16.1. The van der Waals surface area contributed by atoms with Crippen molar-refractivity contribution in [3.63, 3.8) is 0 Å². The molecule has 2 aliphatic heterocycles. The van der Waals surface area contributed by atoms with Gasteiger partial charge in [0.05, 0.1) is 12.2 Å². The summed E-state index contributed by atoms with van der Waals surface area (Å²) in [6, 6.07) is 0.903. The maximum atomic E-state index is 11.7. The first-order valence-corrected chi connectivity index (χ1v) is 6.84. The molecule has 0 bridgehead atoms. The lowest BCUT2D eigenvalue weighted by molar-refractivity contribution is -0.121. The monoisotopic (exact) mass is 238 g/mol. The van der Waals surface area contributed by atoms with E-state index in [2.05, 4.69) is 20.9 Å². The molecule has 5 heteroatoms. The molecule has 3 aliphatic rings. The maximum Gasteiger partial charge on any atom is 0.221 e. The zero-order chi connectivity index (χ0) is 11.7. The number of nitrogens with zero attached hydrogens (tertiary/aromatic N) is 1. The summed E-state index contributed by atoms with van der Waals surface area (Å²) in [4.78, 5) is 14.2. The molecular weight excluding hydrogens is 216 g/mol. The van der Waals surface area contributed by atoms with E-state index >= 15 is 0 Å². The maximum absolute atomic E-state index is 11.7. The third-order valence-electron chi connectivity index (χ3n) is 4.28. The first kappa shape index (κ1) is 11.4. The summed E-state index contributed by atoms with van der Waals surface area (Å²) >= 11 is 0. The number of rotatable bonds is 1. The Kier molecular flexibility index (Phi) is 3.31. The Bertz CT molecular complexity index is 290. The predicted molar refractivity (Wildman–Crippen MR) is 65.3 cm³/mol. The van der Waals surface area contributed by atoms with Crippen LogP contribution in [0.15, 0.2) is 0 Å². The standard InChI is InChI=1S/C12H22N4O/c17-11-5-6-16(9-3-1-2-4-9)12-10(15-11)7-13-8-14-12/h9-10,12-14H,1-8H2,(H,15,17). The van der Waals surface area contributed by atoms with E-state index in [1.807, 2.05) is 0 Å². The summed E-state index contributed by atoms with van der Waals surface area (Å²) in [6.45, 7) is 2.64. The molecule has 17 heavy (non-hydrogen) atoms. The number of hydrogen-bond acceptors (Lipinski definition) is 4. The third-order valence-corrected chi connectivity index (χ3v) is 4.28. The molecule has 5 nitrogen and oxygen atoms in total. The van der Waals surface area contributed by atoms with E-state index in [9.17, 15) is 4.79 Å². The number of fused-ring (bicyclic) bond motifs is 1. The minimum absolute atomic E-state index is 0.200. The number of amides is 1. The van der Waals surface area contributed by atoms with Crippen LogP contribution in [0.25, 0.3) is 0 Å². The van der Waals surface area contributed by atoms with E-state index in [1.165, 1.54) is 25.7 Å². The van der Waals surface area contributed by atoms with Crippen molar-refractivity contribution in [2.45, 2.75) is 50.4 Å². The fourth-order valence-corrected chi connectivity index (χ4v) is 3.43. The number of carbonyl (C=O) groups excluding carboxylic acids is 1. The Morgan fingerprint density at radius 2 is 2.06 bits per heavy atom. The van der Waals surface area contributed by atoms with Crippen LogP contribution in [0.2, 0.25) is 0 Å². The molecule has 3 N–H and O–H groups in total. The van der Waals surface area contributed by atoms with Gasteiger partial charge in [0, 0.05) is 32.2 Å². The lowest BCUT2D eigenvalue weighted by Gasteiger charge is -2.41. The highest BCUT2D eigenvalue weighted by Gasteiger charge is 2.37. The Morgan fingerprint density at radius 1 is 1.24 bits per heavy atom. The quantitative estimate of drug-likeness (QED) is 0.582. The van der Waals surface area contributed by atoms with Crippen molar-refractivity contribution in [3.8, 4) is 0 Å². The molecule has 1 aliphatic carbocycles. The van der Waals surface area contributed by atoms with Crippen LogP contribution in [0.5, 0.6) is 0 Å². The van der Waals surface area contributed by atoms with Gasteiger partial charge in [-0.3, -0.25) is 15.0 Å². The molecule has 2 saturated heterocycles. The number of carbonyl (C=O) groups is 1. The molecule has 3 fully saturated rings. The van der Waals surface area contributed by atoms with Crippen LogP contribution >= 0.6 is 0 Å². The second-order valence-corrected chi connectivity index (χ2v) is 5.38. The fraction of sp³-hybridized carbons (Fsp3) is 0.917. The largest absolute Gasteiger partial charge is 0.349 e. The lowest BCUT2D eigenvalue weighted by atomic mass is 10.1. The van der Waals surface area contributed by atoms with Crippen LogP contribution < -0.4 is 16.0 Å². The summed E-state index contributed by atoms with van der Waals surface area (Å²) in [5.74, 6) is 0.200. The van der Waals surface area contributed by atoms with E-state index in [0.29, 0.717) is 18.6 Å². The van der Waals surface area contributed by atoms with Gasteiger partial charge in [0.15, 0.2) is 0 Å². The van der Waals surface area contributed by atoms with Gasteiger partial charge in [0.1, 0.15) is 0 Å². The van der Waals surface area contributed by atoms with Crippen LogP contribution in [0.1, 0.15) is 32.1 Å². The summed E-state index contributed by atoms with van der Waals surface area (Å²) in [7, 11) is 0. The van der Waals surface area contributed by atoms with Gasteiger partial charge in [-0.05, 0) is 12.8 Å². The van der Waals surface area contributed by atoms with Crippen molar-refractivity contribution in [2.75, 3.05) is 19.8 Å². The normalized spacial score (nSPS) is 36.4. The van der Waals surface area contributed by atoms with Crippen molar-refractivity contribution < 1.29 is 4.79 Å². The Hall–Kier alpha value is -0.650. The van der Waals surface area contributed by atoms with Crippen molar-refractivity contribution in [1.82, 2.24) is 20.9 Å². The van der Waals surface area contributed by atoms with Gasteiger partial charge in [0.2, 0.25) is 5.91 Å². The van der Waals surface area contributed by atoms with Gasteiger partial charge in [-0.25, -0.2) is 0 Å². The summed E-state index contributed by atoms with van der Waals surface area (Å²) in [6.07, 6.45) is 6.26. The first-order chi connectivity index (χ1) is 8.34. The SMILES string of the molecule is O=C1CCN(C2CCCC2)C2NCNCC2N1. The third kappa shape index (κ3) is 2.32. The van der Waals surface area contributed by atoms with Gasteiger partial charge < -0.3 is 10.6 Å². The Balaban J connectivity index is 1.77. The second-order valence-electron chi connectivity index (χ2n) is 5.38. The van der Waals surface area contributed by atoms with Crippen LogP contribution in [0.4, 0.5) is 0 Å². The summed E-state index contributed by atoms with van der Waals surface area (Å²) < 4.78 is 0. The van der Waals surface area contributed by atoms with Crippen molar-refractivity contribution in [1.29, 1.82) is 0 Å². The molecule has 0 aromatic heterocycles. The number of hydrogen-bond donors (Lipinski definition) is 3. The molecule has 0 spiro atoms. The van der Waals surface area contributed by atoms with Crippen LogP contribution in [0.3, 0.4) is 0 Å². The molecule has 2 unspecified atom stereocenters. The highest BCUT2D eigenvalue weighted by Crippen LogP contribution is 2.26. The van der Waals surface area contributed by atoms with Gasteiger partial charge in [-0.2, -0.15) is 0 Å². The smallest absolute Gasteiger partial charge is 0.221 e. The van der Waals surface area contributed by atoms with Crippen molar-refractivity contribution >= 4 is 5.91 Å². The molecule has 1 amide bonds. The van der Waals surface area contributed by atoms with Crippen molar-refractivity contribution in [3.05, 3.63) is 0 Å². The number of nitrogens with one attached hydrogen (secondary N) is 3. The average molecular weight is 238 g/mol. The van der Waals surface area contributed by atoms with Crippen LogP contribution in [0, 0.1) is 0 Å². The van der Waals surface area contributed by atoms with Crippen LogP contribution in [-0.2, 0) is 4.79 Å². The molecular formula is C12H22N4O. The predicted octanol–water partition coefficient (Wildman–Crippen LogP) is -0.404. The zero-order valence-electron chi connectivity index (χ0n) is 10.2. The van der Waals surface area contributed by atoms with E-state index in [0.717, 1.165) is 19.8 Å². The molecule has 0 aromatic rings. The average Bonchev–Trinajstić information content (AvgIpc) is 2.80. The molecule has 96 valence electrons. The molecule has 3 rings (SSSR count). The van der Waals surface area contributed by atoms with Gasteiger partial charge in [-0.15, -0.1) is 0 Å².